The van der Waals surface area contributed by atoms with Crippen LogP contribution >= 0.6 is 0 Å². The van der Waals surface area contributed by atoms with E-state index < -0.39 is 11.7 Å². The molecule has 5 atom stereocenters. The second-order valence-corrected chi connectivity index (χ2v) is 6.55. The summed E-state index contributed by atoms with van der Waals surface area (Å²) in [5.41, 5.74) is 0.537. The average Bonchev–Trinajstić information content (AvgIpc) is 3.22. The molecule has 4 heteroatoms. The molecule has 3 aliphatic rings. The first-order valence-corrected chi connectivity index (χ1v) is 7.05. The maximum atomic E-state index is 11.8. The Balaban J connectivity index is 1.77. The summed E-state index contributed by atoms with van der Waals surface area (Å²) in [6, 6.07) is 0. The summed E-state index contributed by atoms with van der Waals surface area (Å²) in [5, 5.41) is 10.3. The predicted molar refractivity (Wildman–Crippen MR) is 69.7 cm³/mol. The van der Waals surface area contributed by atoms with Gasteiger partial charge in [-0.25, -0.2) is 0 Å². The van der Waals surface area contributed by atoms with E-state index >= 15 is 0 Å². The molecule has 1 spiro atoms. The summed E-state index contributed by atoms with van der Waals surface area (Å²) in [6.07, 6.45) is 3.29. The summed E-state index contributed by atoms with van der Waals surface area (Å²) in [5.74, 6) is -0.277. The first kappa shape index (κ1) is 13.3. The lowest BCUT2D eigenvalue weighted by atomic mass is 9.69. The molecule has 0 aromatic carbocycles. The Labute approximate surface area is 113 Å². The topological polar surface area (TPSA) is 62.4 Å². The molecule has 0 radical (unpaired) electrons. The zero-order chi connectivity index (χ0) is 13.8. The summed E-state index contributed by atoms with van der Waals surface area (Å²) in [4.78, 5) is 11.8. The van der Waals surface area contributed by atoms with Gasteiger partial charge in [0.25, 0.3) is 0 Å². The van der Waals surface area contributed by atoms with Crippen molar-refractivity contribution in [2.45, 2.75) is 63.4 Å². The molecule has 0 aromatic heterocycles. The summed E-state index contributed by atoms with van der Waals surface area (Å²) in [7, 11) is 0. The van der Waals surface area contributed by atoms with E-state index in [0.29, 0.717) is 13.0 Å². The van der Waals surface area contributed by atoms with Gasteiger partial charge in [-0.3, -0.25) is 4.79 Å². The standard InChI is InChI=1S/C15H22O4/c1-9(2)4-5-11-14(3,19-11)13-12(17)10(16)6-7-15(13)8-18-15/h4,11-13,17H,5-8H2,1-3H3/t11-,12-,13-,14?,15+/m1/s1. The van der Waals surface area contributed by atoms with Crippen LogP contribution in [0.25, 0.3) is 0 Å². The van der Waals surface area contributed by atoms with Crippen molar-refractivity contribution in [2.75, 3.05) is 6.61 Å². The second-order valence-electron chi connectivity index (χ2n) is 6.55. The monoisotopic (exact) mass is 266 g/mol. The molecule has 4 nitrogen and oxygen atoms in total. The largest absolute Gasteiger partial charge is 0.385 e. The quantitative estimate of drug-likeness (QED) is 0.622. The predicted octanol–water partition coefficient (Wildman–Crippen LogP) is 1.61. The molecule has 2 heterocycles. The second kappa shape index (κ2) is 4.14. The first-order valence-electron chi connectivity index (χ1n) is 7.05. The lowest BCUT2D eigenvalue weighted by molar-refractivity contribution is -0.139. The fourth-order valence-corrected chi connectivity index (χ4v) is 3.54. The normalized spacial score (nSPS) is 48.2. The van der Waals surface area contributed by atoms with Gasteiger partial charge in [-0.15, -0.1) is 0 Å². The fourth-order valence-electron chi connectivity index (χ4n) is 3.54. The van der Waals surface area contributed by atoms with Crippen molar-refractivity contribution in [3.63, 3.8) is 0 Å². The Morgan fingerprint density at radius 1 is 1.53 bits per heavy atom. The van der Waals surface area contributed by atoms with E-state index in [2.05, 4.69) is 19.9 Å². The van der Waals surface area contributed by atoms with Crippen molar-refractivity contribution in [2.24, 2.45) is 5.92 Å². The number of ketones is 1. The minimum absolute atomic E-state index is 0.0659. The van der Waals surface area contributed by atoms with Crippen LogP contribution in [-0.2, 0) is 14.3 Å². The van der Waals surface area contributed by atoms with E-state index in [1.807, 2.05) is 6.92 Å². The van der Waals surface area contributed by atoms with Gasteiger partial charge in [-0.05, 0) is 33.6 Å². The van der Waals surface area contributed by atoms with Crippen molar-refractivity contribution in [3.05, 3.63) is 11.6 Å². The van der Waals surface area contributed by atoms with Crippen molar-refractivity contribution in [1.82, 2.24) is 0 Å². The molecule has 3 rings (SSSR count). The molecular formula is C15H22O4. The number of rotatable bonds is 3. The Morgan fingerprint density at radius 3 is 2.79 bits per heavy atom. The van der Waals surface area contributed by atoms with Crippen LogP contribution in [-0.4, -0.2) is 40.9 Å². The lowest BCUT2D eigenvalue weighted by Crippen LogP contribution is -2.52. The molecule has 3 fully saturated rings. The summed E-state index contributed by atoms with van der Waals surface area (Å²) < 4.78 is 11.5. The highest BCUT2D eigenvalue weighted by Crippen LogP contribution is 2.58. The lowest BCUT2D eigenvalue weighted by Gasteiger charge is -2.35. The maximum absolute atomic E-state index is 11.8. The number of aliphatic hydroxyl groups is 1. The zero-order valence-electron chi connectivity index (χ0n) is 11.8. The van der Waals surface area contributed by atoms with Gasteiger partial charge in [0, 0.05) is 6.42 Å². The van der Waals surface area contributed by atoms with Crippen molar-refractivity contribution < 1.29 is 19.4 Å². The van der Waals surface area contributed by atoms with Crippen LogP contribution in [0.15, 0.2) is 11.6 Å². The number of carbonyl (C=O) groups excluding carboxylic acids is 1. The van der Waals surface area contributed by atoms with E-state index in [9.17, 15) is 9.90 Å². The van der Waals surface area contributed by atoms with Gasteiger partial charge in [-0.1, -0.05) is 11.6 Å². The summed E-state index contributed by atoms with van der Waals surface area (Å²) in [6.45, 7) is 6.77. The van der Waals surface area contributed by atoms with Crippen molar-refractivity contribution in [3.8, 4) is 0 Å². The molecule has 2 aliphatic heterocycles. The number of epoxide rings is 2. The molecule has 0 bridgehead atoms. The van der Waals surface area contributed by atoms with Crippen LogP contribution < -0.4 is 0 Å². The molecule has 2 saturated heterocycles. The third-order valence-electron chi connectivity index (χ3n) is 4.86. The van der Waals surface area contributed by atoms with E-state index in [4.69, 9.17) is 9.47 Å². The number of hydrogen-bond donors (Lipinski definition) is 1. The SMILES string of the molecule is CC(C)=CC[C@H]1OC1(C)[C@H]1[C@H](O)C(=O)CC[C@]12CO2. The van der Waals surface area contributed by atoms with Crippen molar-refractivity contribution >= 4 is 5.78 Å². The Hall–Kier alpha value is -0.710. The molecule has 106 valence electrons. The molecule has 1 aliphatic carbocycles. The summed E-state index contributed by atoms with van der Waals surface area (Å²) >= 11 is 0. The van der Waals surface area contributed by atoms with Gasteiger partial charge in [0.2, 0.25) is 0 Å². The minimum atomic E-state index is -0.932. The van der Waals surface area contributed by atoms with Gasteiger partial charge < -0.3 is 14.6 Å². The van der Waals surface area contributed by atoms with Crippen LogP contribution in [0.4, 0.5) is 0 Å². The van der Waals surface area contributed by atoms with Crippen LogP contribution in [0.5, 0.6) is 0 Å². The molecule has 1 unspecified atom stereocenters. The van der Waals surface area contributed by atoms with E-state index in [1.165, 1.54) is 5.57 Å². The van der Waals surface area contributed by atoms with Gasteiger partial charge in [0.05, 0.1) is 18.6 Å². The molecule has 0 aromatic rings. The Kier molecular flexibility index (Phi) is 2.89. The van der Waals surface area contributed by atoms with Crippen LogP contribution in [0.3, 0.4) is 0 Å². The third kappa shape index (κ3) is 2.06. The maximum Gasteiger partial charge on any atom is 0.161 e. The highest BCUT2D eigenvalue weighted by Gasteiger charge is 2.71. The molecule has 1 saturated carbocycles. The zero-order valence-corrected chi connectivity index (χ0v) is 11.8. The smallest absolute Gasteiger partial charge is 0.161 e. The number of carbonyl (C=O) groups is 1. The minimum Gasteiger partial charge on any atom is -0.385 e. The highest BCUT2D eigenvalue weighted by atomic mass is 16.6. The van der Waals surface area contributed by atoms with Gasteiger partial charge in [0.15, 0.2) is 5.78 Å². The van der Waals surface area contributed by atoms with E-state index in [-0.39, 0.29) is 23.4 Å². The number of hydrogen-bond acceptors (Lipinski definition) is 4. The van der Waals surface area contributed by atoms with Crippen LogP contribution in [0, 0.1) is 5.92 Å². The number of allylic oxidation sites excluding steroid dienone is 1. The van der Waals surface area contributed by atoms with Gasteiger partial charge in [-0.2, -0.15) is 0 Å². The number of ether oxygens (including phenoxy) is 2. The van der Waals surface area contributed by atoms with E-state index in [1.54, 1.807) is 0 Å². The van der Waals surface area contributed by atoms with Gasteiger partial charge >= 0.3 is 0 Å². The van der Waals surface area contributed by atoms with Crippen LogP contribution in [0.1, 0.15) is 40.0 Å². The van der Waals surface area contributed by atoms with Gasteiger partial charge in [0.1, 0.15) is 17.3 Å². The fraction of sp³-hybridized carbons (Fsp3) is 0.800. The molecular weight excluding hydrogens is 244 g/mol. The average molecular weight is 266 g/mol. The Bertz CT molecular complexity index is 433. The highest BCUT2D eigenvalue weighted by molar-refractivity contribution is 5.85. The number of Topliss-reactive ketones (excluding diaryl/α,β-unsaturated/α-hetero) is 1. The first-order chi connectivity index (χ1) is 8.89. The molecule has 1 N–H and O–H groups in total. The third-order valence-corrected chi connectivity index (χ3v) is 4.86. The van der Waals surface area contributed by atoms with Crippen molar-refractivity contribution in [1.29, 1.82) is 0 Å². The Morgan fingerprint density at radius 2 is 2.21 bits per heavy atom. The molecule has 0 amide bonds. The van der Waals surface area contributed by atoms with Crippen LogP contribution in [0.2, 0.25) is 0 Å². The molecule has 19 heavy (non-hydrogen) atoms. The van der Waals surface area contributed by atoms with E-state index in [0.717, 1.165) is 12.8 Å². The number of aliphatic hydroxyl groups excluding tert-OH is 1.